The minimum atomic E-state index is -0.275. The first kappa shape index (κ1) is 28.8. The maximum absolute atomic E-state index is 6.65. The van der Waals surface area contributed by atoms with Gasteiger partial charge in [-0.15, -0.1) is 0 Å². The van der Waals surface area contributed by atoms with Crippen LogP contribution in [0.25, 0.3) is 11.1 Å². The highest BCUT2D eigenvalue weighted by molar-refractivity contribution is 6.34. The second-order valence-corrected chi connectivity index (χ2v) is 11.7. The van der Waals surface area contributed by atoms with Crippen LogP contribution < -0.4 is 10.9 Å². The van der Waals surface area contributed by atoms with Gasteiger partial charge in [-0.05, 0) is 84.4 Å². The fourth-order valence-electron chi connectivity index (χ4n) is 6.52. The first-order chi connectivity index (χ1) is 18.4. The van der Waals surface area contributed by atoms with Crippen molar-refractivity contribution in [3.8, 4) is 11.1 Å². The lowest BCUT2D eigenvalue weighted by atomic mass is 9.70. The van der Waals surface area contributed by atoms with E-state index < -0.39 is 0 Å². The minimum Gasteiger partial charge on any atom is -0.0932 e. The molecule has 0 fully saturated rings. The molecule has 0 saturated carbocycles. The van der Waals surface area contributed by atoms with Gasteiger partial charge in [-0.2, -0.15) is 0 Å². The molecule has 3 aromatic carbocycles. The Labute approximate surface area is 235 Å². The Bertz CT molecular complexity index is 1160. The number of benzene rings is 3. The number of fused-ring (bicyclic) bond motifs is 3. The van der Waals surface area contributed by atoms with Gasteiger partial charge < -0.3 is 0 Å². The first-order valence-corrected chi connectivity index (χ1v) is 15.4. The van der Waals surface area contributed by atoms with E-state index in [0.29, 0.717) is 0 Å². The summed E-state index contributed by atoms with van der Waals surface area (Å²) in [4.78, 5) is 0. The predicted molar refractivity (Wildman–Crippen MR) is 169 cm³/mol. The van der Waals surface area contributed by atoms with E-state index in [2.05, 4.69) is 77.1 Å². The summed E-state index contributed by atoms with van der Waals surface area (Å²) in [7, 11) is 13.3. The van der Waals surface area contributed by atoms with Gasteiger partial charge in [-0.1, -0.05) is 131 Å². The van der Waals surface area contributed by atoms with Crippen molar-refractivity contribution in [3.63, 3.8) is 0 Å². The van der Waals surface area contributed by atoms with Gasteiger partial charge in [-0.3, -0.25) is 0 Å². The highest BCUT2D eigenvalue weighted by Crippen LogP contribution is 2.52. The normalized spacial score (nSPS) is 13.5. The molecule has 38 heavy (non-hydrogen) atoms. The van der Waals surface area contributed by atoms with Gasteiger partial charge >= 0.3 is 0 Å². The molecule has 0 bridgehead atoms. The smallest absolute Gasteiger partial charge is 0.0932 e. The summed E-state index contributed by atoms with van der Waals surface area (Å²) in [5.74, 6) is 0. The second kappa shape index (κ2) is 12.8. The maximum atomic E-state index is 6.65. The van der Waals surface area contributed by atoms with E-state index in [9.17, 15) is 0 Å². The highest BCUT2D eigenvalue weighted by Gasteiger charge is 2.41. The van der Waals surface area contributed by atoms with Crippen LogP contribution in [-0.2, 0) is 31.1 Å². The molecule has 0 aromatic heterocycles. The quantitative estimate of drug-likeness (QED) is 0.165. The Kier molecular flexibility index (Phi) is 9.67. The van der Waals surface area contributed by atoms with E-state index in [1.165, 1.54) is 101 Å². The summed E-state index contributed by atoms with van der Waals surface area (Å²) in [5.41, 5.74) is 13.7. The van der Waals surface area contributed by atoms with E-state index in [0.717, 1.165) is 36.6 Å². The van der Waals surface area contributed by atoms with Crippen molar-refractivity contribution in [2.45, 2.75) is 117 Å². The van der Waals surface area contributed by atoms with Crippen LogP contribution in [0, 0.1) is 0 Å². The summed E-state index contributed by atoms with van der Waals surface area (Å²) in [5, 5.41) is 0. The van der Waals surface area contributed by atoms with Gasteiger partial charge in [-0.25, -0.2) is 0 Å². The number of hydrogen-bond donors (Lipinski definition) is 0. The van der Waals surface area contributed by atoms with Gasteiger partial charge in [0.2, 0.25) is 0 Å². The summed E-state index contributed by atoms with van der Waals surface area (Å²) in [6.45, 7) is 11.4. The molecule has 0 aliphatic heterocycles. The molecular weight excluding hydrogens is 454 g/mol. The summed E-state index contributed by atoms with van der Waals surface area (Å²) < 4.78 is 0. The standard InChI is InChI=1S/C36H46B2/c1-6-10-12-14-16-25-18-26(17-15-13-11-7-2)20-29(19-25)36(5)32-23-34(37)27(8-3)21-30(32)31-22-28(9-4)35(38)24-33(31)36/h18-24H,6-17H2,1-5H3. The maximum Gasteiger partial charge on any atom is 0.114 e. The third kappa shape index (κ3) is 5.71. The fourth-order valence-corrected chi connectivity index (χ4v) is 6.52. The van der Waals surface area contributed by atoms with Crippen LogP contribution in [0.5, 0.6) is 0 Å². The molecule has 4 radical (unpaired) electrons. The Morgan fingerprint density at radius 2 is 1.00 bits per heavy atom. The van der Waals surface area contributed by atoms with Crippen LogP contribution in [0.15, 0.2) is 42.5 Å². The molecule has 1 aliphatic carbocycles. The predicted octanol–water partition coefficient (Wildman–Crippen LogP) is 7.98. The molecule has 0 saturated heterocycles. The van der Waals surface area contributed by atoms with E-state index in [1.54, 1.807) is 0 Å². The second-order valence-electron chi connectivity index (χ2n) is 11.7. The topological polar surface area (TPSA) is 0 Å². The van der Waals surface area contributed by atoms with Crippen LogP contribution in [0.2, 0.25) is 0 Å². The van der Waals surface area contributed by atoms with Crippen molar-refractivity contribution >= 4 is 26.6 Å². The van der Waals surface area contributed by atoms with Gasteiger partial charge in [0.25, 0.3) is 0 Å². The molecule has 0 unspecified atom stereocenters. The van der Waals surface area contributed by atoms with Crippen LogP contribution >= 0.6 is 0 Å². The van der Waals surface area contributed by atoms with Crippen LogP contribution in [0.3, 0.4) is 0 Å². The lowest BCUT2D eigenvalue weighted by Gasteiger charge is -2.30. The third-order valence-corrected chi connectivity index (χ3v) is 8.96. The fraction of sp³-hybridized carbons (Fsp3) is 0.500. The zero-order valence-electron chi connectivity index (χ0n) is 24.7. The van der Waals surface area contributed by atoms with Crippen molar-refractivity contribution in [1.82, 2.24) is 0 Å². The Morgan fingerprint density at radius 3 is 1.39 bits per heavy atom. The lowest BCUT2D eigenvalue weighted by Crippen LogP contribution is -2.26. The molecule has 196 valence electrons. The Morgan fingerprint density at radius 1 is 0.553 bits per heavy atom. The molecule has 0 amide bonds. The van der Waals surface area contributed by atoms with Gasteiger partial charge in [0.05, 0.1) is 0 Å². The Hall–Kier alpha value is -2.21. The third-order valence-electron chi connectivity index (χ3n) is 8.96. The van der Waals surface area contributed by atoms with E-state index >= 15 is 0 Å². The van der Waals surface area contributed by atoms with E-state index in [-0.39, 0.29) is 5.41 Å². The number of unbranched alkanes of at least 4 members (excludes halogenated alkanes) is 6. The van der Waals surface area contributed by atoms with Gasteiger partial charge in [0, 0.05) is 5.41 Å². The number of rotatable bonds is 13. The highest BCUT2D eigenvalue weighted by atomic mass is 14.4. The molecular formula is C36H46B2. The lowest BCUT2D eigenvalue weighted by molar-refractivity contribution is 0.656. The summed E-state index contributed by atoms with van der Waals surface area (Å²) in [6, 6.07) is 16.7. The van der Waals surface area contributed by atoms with Crippen LogP contribution in [-0.4, -0.2) is 15.7 Å². The molecule has 0 heterocycles. The number of hydrogen-bond acceptors (Lipinski definition) is 0. The molecule has 0 atom stereocenters. The van der Waals surface area contributed by atoms with Crippen molar-refractivity contribution in [1.29, 1.82) is 0 Å². The van der Waals surface area contributed by atoms with Gasteiger partial charge in [0.15, 0.2) is 0 Å². The van der Waals surface area contributed by atoms with Crippen LogP contribution in [0.4, 0.5) is 0 Å². The summed E-state index contributed by atoms with van der Waals surface area (Å²) >= 11 is 0. The molecule has 4 rings (SSSR count). The van der Waals surface area contributed by atoms with Crippen molar-refractivity contribution in [2.75, 3.05) is 0 Å². The van der Waals surface area contributed by atoms with E-state index in [4.69, 9.17) is 15.7 Å². The zero-order valence-corrected chi connectivity index (χ0v) is 24.7. The largest absolute Gasteiger partial charge is 0.114 e. The molecule has 1 aliphatic rings. The average molecular weight is 500 g/mol. The van der Waals surface area contributed by atoms with Crippen molar-refractivity contribution in [2.24, 2.45) is 0 Å². The summed E-state index contributed by atoms with van der Waals surface area (Å²) in [6.07, 6.45) is 14.5. The zero-order chi connectivity index (χ0) is 27.3. The average Bonchev–Trinajstić information content (AvgIpc) is 3.15. The van der Waals surface area contributed by atoms with Gasteiger partial charge in [0.1, 0.15) is 15.7 Å². The van der Waals surface area contributed by atoms with Crippen LogP contribution in [0.1, 0.15) is 125 Å². The monoisotopic (exact) mass is 500 g/mol. The molecule has 0 spiro atoms. The molecule has 0 nitrogen and oxygen atoms in total. The molecule has 3 aromatic rings. The minimum absolute atomic E-state index is 0.275. The number of aryl methyl sites for hydroxylation is 4. The molecule has 2 heteroatoms. The van der Waals surface area contributed by atoms with Crippen molar-refractivity contribution < 1.29 is 0 Å². The van der Waals surface area contributed by atoms with Crippen molar-refractivity contribution in [3.05, 3.63) is 81.4 Å². The SMILES string of the molecule is [B]c1cc2c(cc1CC)-c1cc(CC)c([B])cc1C2(C)c1cc(CCCCCC)cc(CCCCCC)c1. The Balaban J connectivity index is 1.87. The molecule has 0 N–H and O–H groups in total. The first-order valence-electron chi connectivity index (χ1n) is 15.4. The van der Waals surface area contributed by atoms with E-state index in [1.807, 2.05) is 0 Å².